The van der Waals surface area contributed by atoms with Gasteiger partial charge in [-0.2, -0.15) is 0 Å². The highest BCUT2D eigenvalue weighted by atomic mass is 16.6. The second-order valence-electron chi connectivity index (χ2n) is 6.18. The number of aliphatic carboxylic acids is 1. The average molecular weight is 424 g/mol. The van der Waals surface area contributed by atoms with Crippen molar-refractivity contribution < 1.29 is 43.3 Å². The molecule has 0 aliphatic rings. The first-order valence-electron chi connectivity index (χ1n) is 8.83. The van der Waals surface area contributed by atoms with Crippen LogP contribution in [0.3, 0.4) is 0 Å². The summed E-state index contributed by atoms with van der Waals surface area (Å²) in [4.78, 5) is 59.1. The molecule has 2 amide bonds. The number of carboxylic acids is 1. The van der Waals surface area contributed by atoms with Gasteiger partial charge in [0.25, 0.3) is 0 Å². The molecule has 11 nitrogen and oxygen atoms in total. The molecule has 0 bridgehead atoms. The first-order valence-corrected chi connectivity index (χ1v) is 8.83. The predicted octanol–water partition coefficient (Wildman–Crippen LogP) is 0.0805. The monoisotopic (exact) mass is 424 g/mol. The number of hydrogen-bond acceptors (Lipinski definition) is 8. The lowest BCUT2D eigenvalue weighted by atomic mass is 9.87. The Hall–Kier alpha value is -3.63. The Morgan fingerprint density at radius 3 is 2.07 bits per heavy atom. The SMILES string of the molecule is COC(=O)C(C(=O)OC)[C@H](C)[C@@H](NC(=O)CNC(=O)OCc1ccccc1)C(=O)O. The largest absolute Gasteiger partial charge is 0.480 e. The van der Waals surface area contributed by atoms with E-state index >= 15 is 0 Å². The summed E-state index contributed by atoms with van der Waals surface area (Å²) >= 11 is 0. The summed E-state index contributed by atoms with van der Waals surface area (Å²) in [5.41, 5.74) is 0.744. The number of alkyl carbamates (subject to hydrolysis) is 1. The molecule has 2 atom stereocenters. The second kappa shape index (κ2) is 12.0. The van der Waals surface area contributed by atoms with E-state index in [0.717, 1.165) is 19.8 Å². The van der Waals surface area contributed by atoms with E-state index in [9.17, 15) is 29.1 Å². The Morgan fingerprint density at radius 2 is 1.57 bits per heavy atom. The highest BCUT2D eigenvalue weighted by molar-refractivity contribution is 5.96. The zero-order valence-electron chi connectivity index (χ0n) is 16.7. The van der Waals surface area contributed by atoms with E-state index in [1.165, 1.54) is 6.92 Å². The van der Waals surface area contributed by atoms with Crippen molar-refractivity contribution in [1.29, 1.82) is 0 Å². The van der Waals surface area contributed by atoms with Gasteiger partial charge in [-0.15, -0.1) is 0 Å². The second-order valence-corrected chi connectivity index (χ2v) is 6.18. The first-order chi connectivity index (χ1) is 14.2. The highest BCUT2D eigenvalue weighted by Crippen LogP contribution is 2.19. The van der Waals surface area contributed by atoms with Crippen molar-refractivity contribution in [3.63, 3.8) is 0 Å². The summed E-state index contributed by atoms with van der Waals surface area (Å²) in [5.74, 6) is -7.11. The zero-order valence-corrected chi connectivity index (χ0v) is 16.7. The van der Waals surface area contributed by atoms with Crippen molar-refractivity contribution >= 4 is 29.9 Å². The minimum atomic E-state index is -1.62. The molecule has 0 aliphatic carbocycles. The molecular formula is C19H24N2O9. The zero-order chi connectivity index (χ0) is 22.7. The topological polar surface area (TPSA) is 157 Å². The molecule has 1 aromatic rings. The number of nitrogens with one attached hydrogen (secondary N) is 2. The number of esters is 2. The highest BCUT2D eigenvalue weighted by Gasteiger charge is 2.42. The summed E-state index contributed by atoms with van der Waals surface area (Å²) in [7, 11) is 2.06. The van der Waals surface area contributed by atoms with Crippen LogP contribution in [0.4, 0.5) is 4.79 Å². The van der Waals surface area contributed by atoms with E-state index in [4.69, 9.17) is 4.74 Å². The maximum atomic E-state index is 12.1. The van der Waals surface area contributed by atoms with Gasteiger partial charge in [-0.05, 0) is 5.56 Å². The summed E-state index contributed by atoms with van der Waals surface area (Å²) in [6, 6.07) is 7.22. The standard InChI is InChI=1S/C19H24N2O9/c1-11(14(17(25)28-2)18(26)29-3)15(16(23)24)21-13(22)9-20-19(27)30-10-12-7-5-4-6-8-12/h4-8,11,14-15H,9-10H2,1-3H3,(H,20,27)(H,21,22)(H,23,24)/t11-,15+/m0/s1. The third-order valence-electron chi connectivity index (χ3n) is 4.15. The minimum Gasteiger partial charge on any atom is -0.480 e. The van der Waals surface area contributed by atoms with Crippen LogP contribution < -0.4 is 10.6 Å². The quantitative estimate of drug-likeness (QED) is 0.269. The molecule has 0 saturated heterocycles. The van der Waals surface area contributed by atoms with Gasteiger partial charge in [0, 0.05) is 5.92 Å². The van der Waals surface area contributed by atoms with Gasteiger partial charge in [0.05, 0.1) is 14.2 Å². The number of rotatable bonds is 10. The fourth-order valence-corrected chi connectivity index (χ4v) is 2.54. The first kappa shape index (κ1) is 24.4. The van der Waals surface area contributed by atoms with Gasteiger partial charge >= 0.3 is 24.0 Å². The molecular weight excluding hydrogens is 400 g/mol. The summed E-state index contributed by atoms with van der Waals surface area (Å²) < 4.78 is 14.0. The molecule has 30 heavy (non-hydrogen) atoms. The number of benzene rings is 1. The Bertz CT molecular complexity index is 751. The number of amides is 2. The lowest BCUT2D eigenvalue weighted by molar-refractivity contribution is -0.163. The van der Waals surface area contributed by atoms with Gasteiger partial charge in [0.15, 0.2) is 5.92 Å². The third kappa shape index (κ3) is 7.41. The molecule has 1 aromatic carbocycles. The van der Waals surface area contributed by atoms with Crippen molar-refractivity contribution in [1.82, 2.24) is 10.6 Å². The van der Waals surface area contributed by atoms with Gasteiger partial charge < -0.3 is 30.0 Å². The van der Waals surface area contributed by atoms with Crippen LogP contribution in [0, 0.1) is 11.8 Å². The van der Waals surface area contributed by atoms with E-state index in [1.54, 1.807) is 30.3 Å². The molecule has 0 radical (unpaired) electrons. The van der Waals surface area contributed by atoms with E-state index < -0.39 is 54.3 Å². The molecule has 0 aromatic heterocycles. The Labute approximate surface area is 172 Å². The molecule has 11 heteroatoms. The maximum absolute atomic E-state index is 12.1. The third-order valence-corrected chi connectivity index (χ3v) is 4.15. The Balaban J connectivity index is 2.65. The minimum absolute atomic E-state index is 0.0109. The van der Waals surface area contributed by atoms with Crippen LogP contribution in [0.15, 0.2) is 30.3 Å². The van der Waals surface area contributed by atoms with Gasteiger partial charge in [-0.1, -0.05) is 37.3 Å². The van der Waals surface area contributed by atoms with Crippen molar-refractivity contribution in [2.24, 2.45) is 11.8 Å². The molecule has 1 rings (SSSR count). The summed E-state index contributed by atoms with van der Waals surface area (Å²) in [5, 5.41) is 13.8. The van der Waals surface area contributed by atoms with Crippen molar-refractivity contribution in [2.45, 2.75) is 19.6 Å². The molecule has 0 aliphatic heterocycles. The van der Waals surface area contributed by atoms with E-state index in [2.05, 4.69) is 20.1 Å². The fraction of sp³-hybridized carbons (Fsp3) is 0.421. The van der Waals surface area contributed by atoms with Gasteiger partial charge in [0.2, 0.25) is 5.91 Å². The normalized spacial score (nSPS) is 12.3. The summed E-state index contributed by atoms with van der Waals surface area (Å²) in [6.45, 7) is 0.688. The number of ether oxygens (including phenoxy) is 3. The van der Waals surface area contributed by atoms with E-state index in [0.29, 0.717) is 0 Å². The average Bonchev–Trinajstić information content (AvgIpc) is 2.74. The number of methoxy groups -OCH3 is 2. The van der Waals surface area contributed by atoms with Crippen LogP contribution in [-0.4, -0.2) is 61.8 Å². The number of carbonyl (C=O) groups excluding carboxylic acids is 4. The molecule has 164 valence electrons. The van der Waals surface area contributed by atoms with Crippen molar-refractivity contribution in [3.05, 3.63) is 35.9 Å². The van der Waals surface area contributed by atoms with Crippen molar-refractivity contribution in [3.8, 4) is 0 Å². The molecule has 0 saturated carbocycles. The van der Waals surface area contributed by atoms with E-state index in [1.807, 2.05) is 0 Å². The van der Waals surface area contributed by atoms with Crippen molar-refractivity contribution in [2.75, 3.05) is 20.8 Å². The predicted molar refractivity (Wildman–Crippen MR) is 101 cm³/mol. The summed E-state index contributed by atoms with van der Waals surface area (Å²) in [6.07, 6.45) is -0.879. The molecule has 0 fully saturated rings. The van der Waals surface area contributed by atoms with Crippen LogP contribution >= 0.6 is 0 Å². The Morgan fingerprint density at radius 1 is 1.00 bits per heavy atom. The van der Waals surface area contributed by atoms with Crippen LogP contribution in [0.2, 0.25) is 0 Å². The van der Waals surface area contributed by atoms with Crippen LogP contribution in [0.1, 0.15) is 12.5 Å². The van der Waals surface area contributed by atoms with Gasteiger partial charge in [-0.25, -0.2) is 9.59 Å². The number of carbonyl (C=O) groups is 5. The van der Waals surface area contributed by atoms with E-state index in [-0.39, 0.29) is 6.61 Å². The maximum Gasteiger partial charge on any atom is 0.407 e. The molecule has 0 unspecified atom stereocenters. The van der Waals surface area contributed by atoms with Gasteiger partial charge in [0.1, 0.15) is 19.2 Å². The number of hydrogen-bond donors (Lipinski definition) is 3. The number of carboxylic acid groups (broad SMARTS) is 1. The molecule has 0 spiro atoms. The fourth-order valence-electron chi connectivity index (χ4n) is 2.54. The van der Waals surface area contributed by atoms with Crippen LogP contribution in [0.25, 0.3) is 0 Å². The lowest BCUT2D eigenvalue weighted by Gasteiger charge is -2.26. The van der Waals surface area contributed by atoms with Crippen LogP contribution in [-0.2, 0) is 40.0 Å². The Kier molecular flexibility index (Phi) is 9.80. The molecule has 3 N–H and O–H groups in total. The smallest absolute Gasteiger partial charge is 0.407 e. The van der Waals surface area contributed by atoms with Gasteiger partial charge in [-0.3, -0.25) is 14.4 Å². The lowest BCUT2D eigenvalue weighted by Crippen LogP contribution is -2.52. The molecule has 0 heterocycles. The van der Waals surface area contributed by atoms with Crippen LogP contribution in [0.5, 0.6) is 0 Å².